The van der Waals surface area contributed by atoms with Gasteiger partial charge in [-0.05, 0) is 12.1 Å². The van der Waals surface area contributed by atoms with E-state index in [0.29, 0.717) is 5.15 Å². The molecule has 0 fully saturated rings. The Balaban J connectivity index is 2.88. The Bertz CT molecular complexity index is 426. The van der Waals surface area contributed by atoms with Gasteiger partial charge in [0.1, 0.15) is 5.15 Å². The first-order valence-electron chi connectivity index (χ1n) is 3.57. The fraction of sp³-hybridized carbons (Fsp3) is 0. The third-order valence-corrected chi connectivity index (χ3v) is 1.97. The van der Waals surface area contributed by atoms with Crippen LogP contribution in [0.4, 0.5) is 5.69 Å². The van der Waals surface area contributed by atoms with Crippen LogP contribution in [0.3, 0.4) is 0 Å². The lowest BCUT2D eigenvalue weighted by Gasteiger charge is -2.00. The lowest BCUT2D eigenvalue weighted by Crippen LogP contribution is -1.86. The van der Waals surface area contributed by atoms with E-state index < -0.39 is 0 Å². The van der Waals surface area contributed by atoms with Crippen LogP contribution in [-0.2, 0) is 0 Å². The van der Waals surface area contributed by atoms with Crippen molar-refractivity contribution in [2.75, 3.05) is 5.73 Å². The minimum absolute atomic E-state index is 0.473. The van der Waals surface area contributed by atoms with E-state index >= 15 is 0 Å². The topological polar surface area (TPSA) is 38.9 Å². The van der Waals surface area contributed by atoms with E-state index in [1.165, 1.54) is 0 Å². The molecule has 0 atom stereocenters. The highest BCUT2D eigenvalue weighted by Gasteiger charge is 1.97. The summed E-state index contributed by atoms with van der Waals surface area (Å²) in [6.07, 6.45) is 1.72. The summed E-state index contributed by atoms with van der Waals surface area (Å²) in [5.74, 6) is 0. The molecule has 1 aromatic heterocycles. The fourth-order valence-corrected chi connectivity index (χ4v) is 1.33. The molecule has 0 aliphatic heterocycles. The third-order valence-electron chi connectivity index (χ3n) is 1.76. The molecule has 60 valence electrons. The van der Waals surface area contributed by atoms with Crippen LogP contribution in [0, 0.1) is 0 Å². The number of pyridine rings is 1. The maximum absolute atomic E-state index is 5.74. The average Bonchev–Trinajstić information content (AvgIpc) is 2.07. The van der Waals surface area contributed by atoms with E-state index in [0.717, 1.165) is 16.5 Å². The van der Waals surface area contributed by atoms with Gasteiger partial charge < -0.3 is 5.73 Å². The predicted molar refractivity (Wildman–Crippen MR) is 51.2 cm³/mol. The Morgan fingerprint density at radius 3 is 3.00 bits per heavy atom. The van der Waals surface area contributed by atoms with Crippen LogP contribution >= 0.6 is 11.6 Å². The molecule has 1 aromatic carbocycles. The predicted octanol–water partition coefficient (Wildman–Crippen LogP) is 2.47. The van der Waals surface area contributed by atoms with Crippen molar-refractivity contribution in [3.8, 4) is 0 Å². The summed E-state index contributed by atoms with van der Waals surface area (Å²) in [6, 6.07) is 7.47. The third kappa shape index (κ3) is 1.10. The number of nitrogens with zero attached hydrogens (tertiary/aromatic N) is 1. The number of fused-ring (bicyclic) bond motifs is 1. The number of nitrogens with two attached hydrogens (primary N) is 1. The molecule has 1 heterocycles. The quantitative estimate of drug-likeness (QED) is 0.497. The van der Waals surface area contributed by atoms with Crippen molar-refractivity contribution in [3.63, 3.8) is 0 Å². The number of halogens is 1. The highest BCUT2D eigenvalue weighted by molar-refractivity contribution is 6.30. The number of hydrogen-bond acceptors (Lipinski definition) is 2. The number of rotatable bonds is 0. The zero-order chi connectivity index (χ0) is 8.55. The number of nitrogen functional groups attached to an aromatic ring is 1. The maximum atomic E-state index is 5.74. The second-order valence-electron chi connectivity index (χ2n) is 2.58. The summed E-state index contributed by atoms with van der Waals surface area (Å²) >= 11 is 5.72. The first-order chi connectivity index (χ1) is 5.77. The van der Waals surface area contributed by atoms with Crippen LogP contribution < -0.4 is 5.73 Å². The Morgan fingerprint density at radius 1 is 1.33 bits per heavy atom. The second-order valence-corrected chi connectivity index (χ2v) is 2.96. The second kappa shape index (κ2) is 2.64. The normalized spacial score (nSPS) is 10.4. The summed E-state index contributed by atoms with van der Waals surface area (Å²) in [5.41, 5.74) is 6.47. The van der Waals surface area contributed by atoms with E-state index in [1.54, 1.807) is 12.3 Å². The van der Waals surface area contributed by atoms with Crippen molar-refractivity contribution in [1.82, 2.24) is 4.98 Å². The molecule has 0 spiro atoms. The van der Waals surface area contributed by atoms with E-state index in [4.69, 9.17) is 17.3 Å². The highest BCUT2D eigenvalue weighted by Crippen LogP contribution is 2.21. The summed E-state index contributed by atoms with van der Waals surface area (Å²) < 4.78 is 0. The molecule has 0 saturated carbocycles. The molecular weight excluding hydrogens is 172 g/mol. The molecule has 0 saturated heterocycles. The van der Waals surface area contributed by atoms with E-state index in [9.17, 15) is 0 Å². The molecule has 2 aromatic rings. The standard InChI is InChI=1S/C9H7ClN2/c10-9-4-7-6(5-12-9)2-1-3-8(7)11/h1-5H,11H2. The van der Waals surface area contributed by atoms with Gasteiger partial charge in [0, 0.05) is 22.7 Å². The van der Waals surface area contributed by atoms with Crippen LogP contribution in [0.25, 0.3) is 10.8 Å². The van der Waals surface area contributed by atoms with Gasteiger partial charge in [-0.1, -0.05) is 23.7 Å². The molecule has 2 N–H and O–H groups in total. The van der Waals surface area contributed by atoms with Gasteiger partial charge in [0.05, 0.1) is 0 Å². The Labute approximate surface area is 75.0 Å². The lowest BCUT2D eigenvalue weighted by molar-refractivity contribution is 1.36. The molecular formula is C9H7ClN2. The Hall–Kier alpha value is -1.28. The largest absolute Gasteiger partial charge is 0.398 e. The zero-order valence-electron chi connectivity index (χ0n) is 6.29. The van der Waals surface area contributed by atoms with Gasteiger partial charge in [0.25, 0.3) is 0 Å². The van der Waals surface area contributed by atoms with Gasteiger partial charge in [-0.15, -0.1) is 0 Å². The van der Waals surface area contributed by atoms with Crippen molar-refractivity contribution in [3.05, 3.63) is 35.6 Å². The van der Waals surface area contributed by atoms with Gasteiger partial charge in [-0.2, -0.15) is 0 Å². The van der Waals surface area contributed by atoms with Crippen LogP contribution in [-0.4, -0.2) is 4.98 Å². The van der Waals surface area contributed by atoms with Crippen molar-refractivity contribution >= 4 is 28.1 Å². The summed E-state index contributed by atoms with van der Waals surface area (Å²) in [5, 5.41) is 2.44. The van der Waals surface area contributed by atoms with Crippen molar-refractivity contribution in [1.29, 1.82) is 0 Å². The zero-order valence-corrected chi connectivity index (χ0v) is 7.05. The van der Waals surface area contributed by atoms with Crippen LogP contribution in [0.5, 0.6) is 0 Å². The average molecular weight is 179 g/mol. The van der Waals surface area contributed by atoms with Crippen LogP contribution in [0.2, 0.25) is 5.15 Å². The van der Waals surface area contributed by atoms with E-state index in [2.05, 4.69) is 4.98 Å². The molecule has 2 nitrogen and oxygen atoms in total. The minimum Gasteiger partial charge on any atom is -0.398 e. The fourth-order valence-electron chi connectivity index (χ4n) is 1.17. The number of hydrogen-bond donors (Lipinski definition) is 1. The maximum Gasteiger partial charge on any atom is 0.129 e. The lowest BCUT2D eigenvalue weighted by atomic mass is 10.1. The Kier molecular flexibility index (Phi) is 1.62. The molecule has 12 heavy (non-hydrogen) atoms. The molecule has 0 aliphatic rings. The minimum atomic E-state index is 0.473. The Morgan fingerprint density at radius 2 is 2.17 bits per heavy atom. The molecule has 0 bridgehead atoms. The smallest absolute Gasteiger partial charge is 0.129 e. The van der Waals surface area contributed by atoms with Crippen LogP contribution in [0.1, 0.15) is 0 Å². The number of benzene rings is 1. The summed E-state index contributed by atoms with van der Waals surface area (Å²) in [7, 11) is 0. The summed E-state index contributed by atoms with van der Waals surface area (Å²) in [4.78, 5) is 3.96. The van der Waals surface area contributed by atoms with Gasteiger partial charge >= 0.3 is 0 Å². The van der Waals surface area contributed by atoms with Crippen molar-refractivity contribution < 1.29 is 0 Å². The number of anilines is 1. The molecule has 3 heteroatoms. The molecule has 0 unspecified atom stereocenters. The SMILES string of the molecule is Nc1cccc2cnc(Cl)cc12. The van der Waals surface area contributed by atoms with E-state index in [1.807, 2.05) is 18.2 Å². The van der Waals surface area contributed by atoms with E-state index in [-0.39, 0.29) is 0 Å². The van der Waals surface area contributed by atoms with Gasteiger partial charge in [0.15, 0.2) is 0 Å². The molecule has 2 rings (SSSR count). The van der Waals surface area contributed by atoms with Crippen molar-refractivity contribution in [2.45, 2.75) is 0 Å². The molecule has 0 aliphatic carbocycles. The first kappa shape index (κ1) is 7.37. The molecule has 0 radical (unpaired) electrons. The van der Waals surface area contributed by atoms with Gasteiger partial charge in [-0.3, -0.25) is 0 Å². The van der Waals surface area contributed by atoms with Gasteiger partial charge in [-0.25, -0.2) is 4.98 Å². The summed E-state index contributed by atoms with van der Waals surface area (Å²) in [6.45, 7) is 0. The highest BCUT2D eigenvalue weighted by atomic mass is 35.5. The molecule has 0 amide bonds. The monoisotopic (exact) mass is 178 g/mol. The van der Waals surface area contributed by atoms with Crippen molar-refractivity contribution in [2.24, 2.45) is 0 Å². The van der Waals surface area contributed by atoms with Crippen LogP contribution in [0.15, 0.2) is 30.5 Å². The number of aromatic nitrogens is 1. The first-order valence-corrected chi connectivity index (χ1v) is 3.95. The van der Waals surface area contributed by atoms with Gasteiger partial charge in [0.2, 0.25) is 0 Å².